The van der Waals surface area contributed by atoms with E-state index in [1.165, 1.54) is 16.7 Å². The van der Waals surface area contributed by atoms with Gasteiger partial charge in [-0.15, -0.1) is 0 Å². The monoisotopic (exact) mass is 512 g/mol. The second kappa shape index (κ2) is 12.3. The lowest BCUT2D eigenvalue weighted by molar-refractivity contribution is -0.137. The highest BCUT2D eigenvalue weighted by molar-refractivity contribution is 8.26. The minimum absolute atomic E-state index is 0.00361. The van der Waals surface area contributed by atoms with E-state index < -0.39 is 5.97 Å². The van der Waals surface area contributed by atoms with Crippen LogP contribution in [0.3, 0.4) is 0 Å². The van der Waals surface area contributed by atoms with Crippen molar-refractivity contribution in [3.63, 3.8) is 0 Å². The van der Waals surface area contributed by atoms with E-state index in [-0.39, 0.29) is 12.3 Å². The summed E-state index contributed by atoms with van der Waals surface area (Å²) in [4.78, 5) is 28.2. The fraction of sp³-hybridized carbons (Fsp3) is 0.346. The topological polar surface area (TPSA) is 79.3 Å². The number of benzene rings is 2. The summed E-state index contributed by atoms with van der Waals surface area (Å²) in [6.07, 6.45) is 2.18. The van der Waals surface area contributed by atoms with Crippen LogP contribution in [-0.4, -0.2) is 77.1 Å². The van der Waals surface area contributed by atoms with Crippen molar-refractivity contribution in [1.29, 1.82) is 0 Å². The third-order valence-corrected chi connectivity index (χ3v) is 7.20. The van der Waals surface area contributed by atoms with Gasteiger partial charge in [0.25, 0.3) is 5.91 Å². The number of aliphatic carboxylic acids is 1. The van der Waals surface area contributed by atoms with Crippen molar-refractivity contribution in [2.24, 2.45) is 0 Å². The van der Waals surface area contributed by atoms with E-state index in [9.17, 15) is 9.59 Å². The van der Waals surface area contributed by atoms with Crippen LogP contribution in [0.15, 0.2) is 53.4 Å². The lowest BCUT2D eigenvalue weighted by Gasteiger charge is -2.26. The minimum Gasteiger partial charge on any atom is -0.492 e. The Morgan fingerprint density at radius 1 is 1.11 bits per heavy atom. The van der Waals surface area contributed by atoms with Crippen LogP contribution in [-0.2, 0) is 14.3 Å². The number of carbonyl (C=O) groups excluding carboxylic acids is 1. The SMILES string of the molecule is O=C(O)CCCN1C(=O)/C(=C/c2cc(-c3ccccc3)ccc2OCCN2CCOCC2)SC1=S. The molecule has 2 aromatic carbocycles. The molecule has 1 N–H and O–H groups in total. The summed E-state index contributed by atoms with van der Waals surface area (Å²) >= 11 is 6.64. The van der Waals surface area contributed by atoms with Gasteiger partial charge in [0.1, 0.15) is 16.7 Å². The number of thiocarbonyl (C=S) groups is 1. The summed E-state index contributed by atoms with van der Waals surface area (Å²) < 4.78 is 12.0. The highest BCUT2D eigenvalue weighted by Crippen LogP contribution is 2.36. The maximum absolute atomic E-state index is 13.0. The Labute approximate surface area is 214 Å². The molecule has 2 aliphatic rings. The molecule has 9 heteroatoms. The van der Waals surface area contributed by atoms with E-state index in [2.05, 4.69) is 4.90 Å². The van der Waals surface area contributed by atoms with Crippen LogP contribution in [0, 0.1) is 0 Å². The number of hydrogen-bond acceptors (Lipinski definition) is 7. The average molecular weight is 513 g/mol. The summed E-state index contributed by atoms with van der Waals surface area (Å²) in [6.45, 7) is 4.90. The molecule has 4 rings (SSSR count). The normalized spacial score (nSPS) is 17.8. The first-order valence-corrected chi connectivity index (χ1v) is 12.8. The second-order valence-corrected chi connectivity index (χ2v) is 9.93. The van der Waals surface area contributed by atoms with Gasteiger partial charge in [-0.25, -0.2) is 0 Å². The number of carboxylic acid groups (broad SMARTS) is 1. The summed E-state index contributed by atoms with van der Waals surface area (Å²) in [7, 11) is 0. The number of carboxylic acids is 1. The maximum atomic E-state index is 13.0. The third-order valence-electron chi connectivity index (χ3n) is 5.82. The lowest BCUT2D eigenvalue weighted by Crippen LogP contribution is -2.38. The highest BCUT2D eigenvalue weighted by Gasteiger charge is 2.32. The smallest absolute Gasteiger partial charge is 0.303 e. The van der Waals surface area contributed by atoms with E-state index in [0.717, 1.165) is 49.5 Å². The zero-order valence-corrected chi connectivity index (χ0v) is 21.0. The molecule has 2 fully saturated rings. The van der Waals surface area contributed by atoms with Gasteiger partial charge in [0, 0.05) is 38.2 Å². The van der Waals surface area contributed by atoms with Crippen LogP contribution in [0.25, 0.3) is 17.2 Å². The average Bonchev–Trinajstić information content (AvgIpc) is 3.13. The Balaban J connectivity index is 1.54. The number of carbonyl (C=O) groups is 2. The molecule has 0 unspecified atom stereocenters. The van der Waals surface area contributed by atoms with Gasteiger partial charge in [0.2, 0.25) is 0 Å². The second-order valence-electron chi connectivity index (χ2n) is 8.25. The van der Waals surface area contributed by atoms with E-state index in [1.807, 2.05) is 54.6 Å². The Bertz CT molecular complexity index is 1100. The summed E-state index contributed by atoms with van der Waals surface area (Å²) in [5.74, 6) is -0.383. The molecule has 0 spiro atoms. The Kier molecular flexibility index (Phi) is 8.92. The molecule has 0 radical (unpaired) electrons. The first-order valence-electron chi connectivity index (χ1n) is 11.6. The molecule has 0 saturated carbocycles. The first kappa shape index (κ1) is 25.4. The molecular weight excluding hydrogens is 484 g/mol. The molecule has 2 aromatic rings. The predicted molar refractivity (Wildman–Crippen MR) is 141 cm³/mol. The van der Waals surface area contributed by atoms with Gasteiger partial charge in [-0.05, 0) is 35.8 Å². The van der Waals surface area contributed by atoms with Gasteiger partial charge < -0.3 is 14.6 Å². The number of ether oxygens (including phenoxy) is 2. The molecule has 0 aliphatic carbocycles. The van der Waals surface area contributed by atoms with Crippen LogP contribution in [0.1, 0.15) is 18.4 Å². The molecule has 0 atom stereocenters. The molecule has 1 amide bonds. The van der Waals surface area contributed by atoms with E-state index in [1.54, 1.807) is 0 Å². The van der Waals surface area contributed by atoms with Crippen LogP contribution in [0.5, 0.6) is 5.75 Å². The van der Waals surface area contributed by atoms with Crippen LogP contribution in [0.4, 0.5) is 0 Å². The highest BCUT2D eigenvalue weighted by atomic mass is 32.2. The quantitative estimate of drug-likeness (QED) is 0.376. The van der Waals surface area contributed by atoms with Gasteiger partial charge in [0.05, 0.1) is 18.1 Å². The number of rotatable bonds is 10. The van der Waals surface area contributed by atoms with Gasteiger partial charge in [-0.1, -0.05) is 60.4 Å². The van der Waals surface area contributed by atoms with Crippen LogP contribution in [0.2, 0.25) is 0 Å². The fourth-order valence-electron chi connectivity index (χ4n) is 3.93. The van der Waals surface area contributed by atoms with Crippen molar-refractivity contribution in [1.82, 2.24) is 9.80 Å². The predicted octanol–water partition coefficient (Wildman–Crippen LogP) is 4.13. The number of thioether (sulfide) groups is 1. The number of amides is 1. The minimum atomic E-state index is -0.887. The van der Waals surface area contributed by atoms with E-state index in [4.69, 9.17) is 26.8 Å². The fourth-order valence-corrected chi connectivity index (χ4v) is 5.23. The zero-order valence-electron chi connectivity index (χ0n) is 19.4. The zero-order chi connectivity index (χ0) is 24.6. The molecule has 2 aliphatic heterocycles. The van der Waals surface area contributed by atoms with Crippen LogP contribution < -0.4 is 4.74 Å². The molecule has 184 valence electrons. The molecule has 2 saturated heterocycles. The molecule has 0 aromatic heterocycles. The van der Waals surface area contributed by atoms with E-state index in [0.29, 0.717) is 34.5 Å². The third kappa shape index (κ3) is 6.91. The van der Waals surface area contributed by atoms with Gasteiger partial charge in [-0.2, -0.15) is 0 Å². The molecule has 7 nitrogen and oxygen atoms in total. The lowest BCUT2D eigenvalue weighted by atomic mass is 10.0. The molecule has 35 heavy (non-hydrogen) atoms. The Morgan fingerprint density at radius 3 is 2.63 bits per heavy atom. The number of nitrogens with zero attached hydrogens (tertiary/aromatic N) is 2. The Hall–Kier alpha value is -2.72. The van der Waals surface area contributed by atoms with Crippen molar-refractivity contribution >= 4 is 46.3 Å². The van der Waals surface area contributed by atoms with Gasteiger partial charge in [-0.3, -0.25) is 19.4 Å². The van der Waals surface area contributed by atoms with Crippen molar-refractivity contribution in [3.8, 4) is 16.9 Å². The summed E-state index contributed by atoms with van der Waals surface area (Å²) in [5.41, 5.74) is 2.90. The Morgan fingerprint density at radius 2 is 1.89 bits per heavy atom. The standard InChI is InChI=1S/C26H28N2O5S2/c29-24(30)7-4-10-28-25(31)23(35-26(28)34)18-21-17-20(19-5-2-1-3-6-19)8-9-22(21)33-16-13-27-11-14-32-15-12-27/h1-3,5-6,8-9,17-18H,4,7,10-16H2,(H,29,30)/b23-18-. The van der Waals surface area contributed by atoms with Crippen molar-refractivity contribution in [2.75, 3.05) is 46.0 Å². The number of morpholine rings is 1. The largest absolute Gasteiger partial charge is 0.492 e. The van der Waals surface area contributed by atoms with Gasteiger partial charge in [0.15, 0.2) is 0 Å². The first-order chi connectivity index (χ1) is 17.0. The van der Waals surface area contributed by atoms with Crippen molar-refractivity contribution in [3.05, 3.63) is 59.0 Å². The van der Waals surface area contributed by atoms with Crippen molar-refractivity contribution < 1.29 is 24.2 Å². The molecule has 2 heterocycles. The van der Waals surface area contributed by atoms with E-state index >= 15 is 0 Å². The summed E-state index contributed by atoms with van der Waals surface area (Å²) in [6, 6.07) is 16.0. The summed E-state index contributed by atoms with van der Waals surface area (Å²) in [5, 5.41) is 8.89. The molecular formula is C26H28N2O5S2. The maximum Gasteiger partial charge on any atom is 0.303 e. The van der Waals surface area contributed by atoms with Crippen molar-refractivity contribution in [2.45, 2.75) is 12.8 Å². The molecule has 0 bridgehead atoms. The van der Waals surface area contributed by atoms with Gasteiger partial charge >= 0.3 is 5.97 Å². The van der Waals surface area contributed by atoms with Crippen LogP contribution >= 0.6 is 24.0 Å². The number of hydrogen-bond donors (Lipinski definition) is 1.